The van der Waals surface area contributed by atoms with E-state index in [0.717, 1.165) is 77.0 Å². The van der Waals surface area contributed by atoms with E-state index < -0.39 is 38.6 Å². The molecule has 0 aliphatic heterocycles. The number of esters is 2. The number of hydrogen-bond donors (Lipinski definition) is 2. The van der Waals surface area contributed by atoms with Crippen LogP contribution >= 0.6 is 7.82 Å². The normalized spacial score (nSPS) is 14.8. The van der Waals surface area contributed by atoms with Gasteiger partial charge in [-0.1, -0.05) is 132 Å². The topological polar surface area (TPSA) is 129 Å². The first-order valence-electron chi connectivity index (χ1n) is 21.1. The van der Waals surface area contributed by atoms with E-state index in [2.05, 4.69) is 56.4 Å². The molecule has 2 N–H and O–H groups in total. The summed E-state index contributed by atoms with van der Waals surface area (Å²) in [6.07, 6.45) is 38.6. The van der Waals surface area contributed by atoms with Gasteiger partial charge in [-0.05, 0) is 64.2 Å². The van der Waals surface area contributed by atoms with Crippen LogP contribution in [0.25, 0.3) is 0 Å². The minimum atomic E-state index is -4.40. The van der Waals surface area contributed by atoms with Crippen LogP contribution in [0.1, 0.15) is 149 Å². The summed E-state index contributed by atoms with van der Waals surface area (Å²) in [6.45, 7) is 4.11. The predicted molar refractivity (Wildman–Crippen MR) is 225 cm³/mol. The first-order chi connectivity index (χ1) is 26.4. The highest BCUT2D eigenvalue weighted by Crippen LogP contribution is 2.43. The van der Waals surface area contributed by atoms with Crippen LogP contribution in [0, 0.1) is 0 Å². The summed E-state index contributed by atoms with van der Waals surface area (Å²) in [4.78, 5) is 35.3. The standard InChI is InChI=1S/C44H78NO9P/c1-6-8-10-12-14-15-16-17-18-19-20-21-23-27-31-35-43(47)51-39-42(40-53-55(49,50)52-38-37-45(3,4)5)54-44(48)36-32-28-24-26-30-34-41(46)33-29-25-22-13-11-9-7-2/h9,11,14-15,17-18,22,25,29,33,41-42,46H,6-8,10,12-13,16,19-21,23-24,26-28,30-32,34-40H2,1-5H3/p+1/b11-9+,15-14-,18-17-,25-22+,33-29+/t41?,42-/m1/s1. The van der Waals surface area contributed by atoms with Crippen LogP contribution in [-0.4, -0.2) is 86.1 Å². The summed E-state index contributed by atoms with van der Waals surface area (Å²) in [7, 11) is 1.40. The number of nitrogens with zero attached hydrogens (tertiary/aromatic N) is 1. The van der Waals surface area contributed by atoms with Gasteiger partial charge in [-0.15, -0.1) is 0 Å². The molecule has 2 unspecified atom stereocenters. The van der Waals surface area contributed by atoms with E-state index in [1.165, 1.54) is 25.7 Å². The van der Waals surface area contributed by atoms with Crippen molar-refractivity contribution in [3.63, 3.8) is 0 Å². The Hall–Kier alpha value is -2.33. The number of aliphatic hydroxyl groups excluding tert-OH is 1. The molecule has 11 heteroatoms. The van der Waals surface area contributed by atoms with E-state index in [1.54, 1.807) is 6.08 Å². The fourth-order valence-corrected chi connectivity index (χ4v) is 6.03. The Balaban J connectivity index is 4.51. The zero-order valence-electron chi connectivity index (χ0n) is 35.3. The Kier molecular flexibility index (Phi) is 34.5. The molecule has 0 aliphatic rings. The maximum atomic E-state index is 12.7. The number of carbonyl (C=O) groups excluding carboxylic acids is 2. The molecule has 0 heterocycles. The van der Waals surface area contributed by atoms with Crippen molar-refractivity contribution in [1.29, 1.82) is 0 Å². The van der Waals surface area contributed by atoms with Gasteiger partial charge in [0.15, 0.2) is 6.10 Å². The number of quaternary nitrogens is 1. The molecule has 0 saturated carbocycles. The zero-order chi connectivity index (χ0) is 40.9. The number of unbranched alkanes of at least 4 members (excludes halogenated alkanes) is 12. The van der Waals surface area contributed by atoms with Gasteiger partial charge >= 0.3 is 19.8 Å². The molecule has 0 aliphatic carbocycles. The van der Waals surface area contributed by atoms with Gasteiger partial charge in [0, 0.05) is 12.8 Å². The lowest BCUT2D eigenvalue weighted by molar-refractivity contribution is -0.870. The minimum Gasteiger partial charge on any atom is -0.462 e. The molecule has 0 aromatic rings. The lowest BCUT2D eigenvalue weighted by Gasteiger charge is -2.24. The second-order valence-corrected chi connectivity index (χ2v) is 16.6. The molecular formula is C44H79NO9P+. The molecule has 318 valence electrons. The quantitative estimate of drug-likeness (QED) is 0.0158. The summed E-state index contributed by atoms with van der Waals surface area (Å²) < 4.78 is 34.2. The summed E-state index contributed by atoms with van der Waals surface area (Å²) in [6, 6.07) is 0. The maximum absolute atomic E-state index is 12.7. The minimum absolute atomic E-state index is 0.00841. The monoisotopic (exact) mass is 797 g/mol. The Morgan fingerprint density at radius 3 is 1.91 bits per heavy atom. The average molecular weight is 797 g/mol. The molecule has 0 bridgehead atoms. The van der Waals surface area contributed by atoms with Crippen molar-refractivity contribution >= 4 is 19.8 Å². The Labute approximate surface area is 335 Å². The van der Waals surface area contributed by atoms with Crippen LogP contribution in [0.5, 0.6) is 0 Å². The summed E-state index contributed by atoms with van der Waals surface area (Å²) >= 11 is 0. The van der Waals surface area contributed by atoms with Crippen LogP contribution in [0.4, 0.5) is 0 Å². The average Bonchev–Trinajstić information content (AvgIpc) is 3.12. The van der Waals surface area contributed by atoms with E-state index in [4.69, 9.17) is 18.5 Å². The summed E-state index contributed by atoms with van der Waals surface area (Å²) in [5.74, 6) is -0.897. The Morgan fingerprint density at radius 2 is 1.25 bits per heavy atom. The predicted octanol–water partition coefficient (Wildman–Crippen LogP) is 10.7. The molecule has 10 nitrogen and oxygen atoms in total. The van der Waals surface area contributed by atoms with Crippen LogP contribution in [0.2, 0.25) is 0 Å². The first kappa shape index (κ1) is 52.7. The number of phosphoric acid groups is 1. The Bertz CT molecular complexity index is 1140. The number of phosphoric ester groups is 1. The molecule has 0 aromatic heterocycles. The van der Waals surface area contributed by atoms with E-state index in [1.807, 2.05) is 33.3 Å². The fourth-order valence-electron chi connectivity index (χ4n) is 5.28. The number of rotatable bonds is 37. The van der Waals surface area contributed by atoms with Crippen molar-refractivity contribution < 1.29 is 47.2 Å². The number of ether oxygens (including phenoxy) is 2. The van der Waals surface area contributed by atoms with Crippen molar-refractivity contribution in [2.45, 2.75) is 161 Å². The van der Waals surface area contributed by atoms with Gasteiger partial charge < -0.3 is 24.0 Å². The summed E-state index contributed by atoms with van der Waals surface area (Å²) in [5, 5.41) is 10.1. The summed E-state index contributed by atoms with van der Waals surface area (Å²) in [5.41, 5.74) is 0. The number of likely N-dealkylation sites (N-methyl/N-ethyl adjacent to an activating group) is 1. The zero-order valence-corrected chi connectivity index (χ0v) is 36.1. The number of aliphatic hydroxyl groups is 1. The van der Waals surface area contributed by atoms with Crippen molar-refractivity contribution in [1.82, 2.24) is 0 Å². The van der Waals surface area contributed by atoms with Crippen molar-refractivity contribution in [2.24, 2.45) is 0 Å². The van der Waals surface area contributed by atoms with Crippen molar-refractivity contribution in [2.75, 3.05) is 47.5 Å². The third-order valence-corrected chi connectivity index (χ3v) is 9.62. The third kappa shape index (κ3) is 39.7. The van der Waals surface area contributed by atoms with E-state index in [-0.39, 0.29) is 26.1 Å². The molecule has 0 aromatic carbocycles. The molecule has 0 fully saturated rings. The Morgan fingerprint density at radius 1 is 0.673 bits per heavy atom. The van der Waals surface area contributed by atoms with Gasteiger partial charge in [0.1, 0.15) is 19.8 Å². The van der Waals surface area contributed by atoms with Crippen LogP contribution in [0.3, 0.4) is 0 Å². The second kappa shape index (κ2) is 36.0. The van der Waals surface area contributed by atoms with Gasteiger partial charge in [0.05, 0.1) is 33.9 Å². The molecule has 0 rings (SSSR count). The number of hydrogen-bond acceptors (Lipinski definition) is 8. The van der Waals surface area contributed by atoms with Gasteiger partial charge in [-0.2, -0.15) is 0 Å². The lowest BCUT2D eigenvalue weighted by Crippen LogP contribution is -2.37. The van der Waals surface area contributed by atoms with Gasteiger partial charge in [0.25, 0.3) is 0 Å². The highest BCUT2D eigenvalue weighted by Gasteiger charge is 2.27. The number of allylic oxidation sites excluding steroid dienone is 9. The molecule has 0 spiro atoms. The van der Waals surface area contributed by atoms with Crippen LogP contribution in [-0.2, 0) is 32.7 Å². The van der Waals surface area contributed by atoms with Gasteiger partial charge in [0.2, 0.25) is 0 Å². The fraction of sp³-hybridized carbons (Fsp3) is 0.727. The molecule has 3 atom stereocenters. The first-order valence-corrected chi connectivity index (χ1v) is 22.6. The third-order valence-electron chi connectivity index (χ3n) is 8.64. The SMILES string of the molecule is CC/C=C/C/C=C/C=C/C(O)CCCCCCCC(=O)O[C@H](COC(=O)CCCCCCC/C=C\C/C=C\CCCCC)COP(=O)(O)OCC[N+](C)(C)C. The van der Waals surface area contributed by atoms with Gasteiger partial charge in [-0.25, -0.2) is 4.57 Å². The lowest BCUT2D eigenvalue weighted by atomic mass is 10.1. The maximum Gasteiger partial charge on any atom is 0.472 e. The van der Waals surface area contributed by atoms with Crippen molar-refractivity contribution in [3.8, 4) is 0 Å². The molecule has 0 saturated heterocycles. The molecule has 0 radical (unpaired) electrons. The van der Waals surface area contributed by atoms with E-state index >= 15 is 0 Å². The highest BCUT2D eigenvalue weighted by atomic mass is 31.2. The highest BCUT2D eigenvalue weighted by molar-refractivity contribution is 7.47. The van der Waals surface area contributed by atoms with E-state index in [9.17, 15) is 24.2 Å². The van der Waals surface area contributed by atoms with E-state index in [0.29, 0.717) is 30.3 Å². The van der Waals surface area contributed by atoms with Gasteiger partial charge in [-0.3, -0.25) is 18.6 Å². The van der Waals surface area contributed by atoms with Crippen LogP contribution in [0.15, 0.2) is 60.8 Å². The second-order valence-electron chi connectivity index (χ2n) is 15.2. The number of carbonyl (C=O) groups is 2. The van der Waals surface area contributed by atoms with Crippen molar-refractivity contribution in [3.05, 3.63) is 60.8 Å². The largest absolute Gasteiger partial charge is 0.472 e. The van der Waals surface area contributed by atoms with Crippen LogP contribution < -0.4 is 0 Å². The molecular weight excluding hydrogens is 717 g/mol. The molecule has 55 heavy (non-hydrogen) atoms. The molecule has 0 amide bonds. The smallest absolute Gasteiger partial charge is 0.462 e.